The van der Waals surface area contributed by atoms with Gasteiger partial charge in [-0.25, -0.2) is 0 Å². The van der Waals surface area contributed by atoms with E-state index >= 15 is 0 Å². The minimum Gasteiger partial charge on any atom is -0.490 e. The van der Waals surface area contributed by atoms with Crippen LogP contribution in [0.2, 0.25) is 5.02 Å². The van der Waals surface area contributed by atoms with E-state index in [4.69, 9.17) is 30.5 Å². The molecule has 1 amide bonds. The van der Waals surface area contributed by atoms with Crippen molar-refractivity contribution < 1.29 is 28.7 Å². The number of fused-ring (bicyclic) bond motifs is 1. The van der Waals surface area contributed by atoms with Gasteiger partial charge in [-0.1, -0.05) is 18.5 Å². The van der Waals surface area contributed by atoms with Crippen LogP contribution in [-0.2, 0) is 4.79 Å². The third-order valence-electron chi connectivity index (χ3n) is 4.56. The molecule has 0 aliphatic carbocycles. The van der Waals surface area contributed by atoms with Crippen LogP contribution in [0.1, 0.15) is 25.8 Å². The van der Waals surface area contributed by atoms with Crippen molar-refractivity contribution in [3.63, 3.8) is 0 Å². The summed E-state index contributed by atoms with van der Waals surface area (Å²) in [7, 11) is 0. The first-order valence-electron chi connectivity index (χ1n) is 10.5. The normalized spacial score (nSPS) is 12.5. The largest absolute Gasteiger partial charge is 0.490 e. The van der Waals surface area contributed by atoms with Crippen molar-refractivity contribution in [2.24, 2.45) is 0 Å². The predicted molar refractivity (Wildman–Crippen MR) is 125 cm³/mol. The number of ether oxygens (including phenoxy) is 4. The third-order valence-corrected chi connectivity index (χ3v) is 4.84. The summed E-state index contributed by atoms with van der Waals surface area (Å²) in [5, 5.41) is 23.7. The van der Waals surface area contributed by atoms with E-state index < -0.39 is 16.5 Å². The quantitative estimate of drug-likeness (QED) is 0.232. The second kappa shape index (κ2) is 11.2. The van der Waals surface area contributed by atoms with E-state index in [-0.39, 0.29) is 41.0 Å². The molecule has 1 N–H and O–H groups in total. The second-order valence-corrected chi connectivity index (χ2v) is 7.41. The first-order valence-corrected chi connectivity index (χ1v) is 10.9. The first kappa shape index (κ1) is 24.7. The van der Waals surface area contributed by atoms with E-state index in [1.165, 1.54) is 24.3 Å². The molecule has 0 atom stereocenters. The molecule has 0 fully saturated rings. The van der Waals surface area contributed by atoms with Crippen LogP contribution in [0, 0.1) is 21.4 Å². The number of amides is 1. The molecule has 0 spiro atoms. The summed E-state index contributed by atoms with van der Waals surface area (Å²) in [6, 6.07) is 7.40. The van der Waals surface area contributed by atoms with Gasteiger partial charge in [0.15, 0.2) is 23.0 Å². The maximum Gasteiger partial charge on any atom is 0.296 e. The van der Waals surface area contributed by atoms with Gasteiger partial charge < -0.3 is 24.3 Å². The molecule has 0 bridgehead atoms. The van der Waals surface area contributed by atoms with Crippen molar-refractivity contribution in [1.82, 2.24) is 0 Å². The summed E-state index contributed by atoms with van der Waals surface area (Å²) in [4.78, 5) is 23.7. The molecular weight excluding hydrogens is 466 g/mol. The topological polar surface area (TPSA) is 133 Å². The number of carbonyl (C=O) groups excluding carboxylic acids is 1. The van der Waals surface area contributed by atoms with Gasteiger partial charge in [-0.15, -0.1) is 0 Å². The van der Waals surface area contributed by atoms with Crippen molar-refractivity contribution in [3.8, 4) is 29.1 Å². The van der Waals surface area contributed by atoms with E-state index in [0.717, 1.165) is 6.42 Å². The Morgan fingerprint density at radius 1 is 1.24 bits per heavy atom. The van der Waals surface area contributed by atoms with Crippen LogP contribution in [0.3, 0.4) is 0 Å². The molecule has 0 unspecified atom stereocenters. The molecule has 0 aromatic heterocycles. The van der Waals surface area contributed by atoms with Crippen molar-refractivity contribution in [2.75, 3.05) is 31.7 Å². The number of rotatable bonds is 9. The molecule has 1 heterocycles. The van der Waals surface area contributed by atoms with Gasteiger partial charge in [-0.2, -0.15) is 5.26 Å². The number of nitrogens with zero attached hydrogens (tertiary/aromatic N) is 2. The zero-order valence-corrected chi connectivity index (χ0v) is 19.3. The Balaban J connectivity index is 1.92. The average Bonchev–Trinajstić information content (AvgIpc) is 2.81. The zero-order chi connectivity index (χ0) is 24.7. The Labute approximate surface area is 200 Å². The van der Waals surface area contributed by atoms with Crippen molar-refractivity contribution in [2.45, 2.75) is 20.3 Å². The zero-order valence-electron chi connectivity index (χ0n) is 18.6. The standard InChI is InChI=1S/C23H22ClN3O7/c1-3-5-34-22-16(24)9-14(10-21(22)31-4-2)8-15(13-25)23(28)26-17-11-19-20(33-7-6-32-19)12-18(17)27(29)30/h8-12H,3-7H2,1-2H3,(H,26,28)/b15-8+. The SMILES string of the molecule is CCCOc1c(Cl)cc(/C=C(\C#N)C(=O)Nc2cc3c(cc2[N+](=O)[O-])OCCO3)cc1OCC. The van der Waals surface area contributed by atoms with Crippen LogP contribution < -0.4 is 24.3 Å². The van der Waals surface area contributed by atoms with Crippen LogP contribution in [-0.4, -0.2) is 37.3 Å². The lowest BCUT2D eigenvalue weighted by atomic mass is 10.1. The number of nitro groups is 1. The number of hydrogen-bond donors (Lipinski definition) is 1. The number of halogens is 1. The van der Waals surface area contributed by atoms with Crippen LogP contribution >= 0.6 is 11.6 Å². The van der Waals surface area contributed by atoms with Gasteiger partial charge in [-0.05, 0) is 37.1 Å². The van der Waals surface area contributed by atoms with Gasteiger partial charge in [0.25, 0.3) is 11.6 Å². The third kappa shape index (κ3) is 5.68. The molecule has 2 aromatic carbocycles. The highest BCUT2D eigenvalue weighted by Gasteiger charge is 2.24. The van der Waals surface area contributed by atoms with Gasteiger partial charge in [0.1, 0.15) is 30.5 Å². The van der Waals surface area contributed by atoms with Gasteiger partial charge in [0.05, 0.1) is 29.2 Å². The Morgan fingerprint density at radius 2 is 1.94 bits per heavy atom. The molecule has 34 heavy (non-hydrogen) atoms. The Kier molecular flexibility index (Phi) is 8.16. The van der Waals surface area contributed by atoms with Gasteiger partial charge in [0.2, 0.25) is 0 Å². The molecule has 178 valence electrons. The molecule has 11 heteroatoms. The Bertz CT molecular complexity index is 1170. The van der Waals surface area contributed by atoms with Crippen LogP contribution in [0.4, 0.5) is 11.4 Å². The summed E-state index contributed by atoms with van der Waals surface area (Å²) in [6.07, 6.45) is 2.07. The summed E-state index contributed by atoms with van der Waals surface area (Å²) >= 11 is 6.35. The number of anilines is 1. The van der Waals surface area contributed by atoms with E-state index in [0.29, 0.717) is 30.3 Å². The van der Waals surface area contributed by atoms with E-state index in [9.17, 15) is 20.2 Å². The van der Waals surface area contributed by atoms with Gasteiger partial charge in [-0.3, -0.25) is 14.9 Å². The summed E-state index contributed by atoms with van der Waals surface area (Å²) < 4.78 is 22.0. The Hall–Kier alpha value is -3.97. The average molecular weight is 488 g/mol. The van der Waals surface area contributed by atoms with Crippen LogP contribution in [0.25, 0.3) is 6.08 Å². The monoisotopic (exact) mass is 487 g/mol. The maximum atomic E-state index is 12.8. The number of nitrogens with one attached hydrogen (secondary N) is 1. The number of carbonyl (C=O) groups is 1. The number of nitriles is 1. The molecule has 0 radical (unpaired) electrons. The molecule has 1 aliphatic rings. The molecular formula is C23H22ClN3O7. The molecule has 1 aliphatic heterocycles. The summed E-state index contributed by atoms with van der Waals surface area (Å²) in [6.45, 7) is 5.07. The molecule has 10 nitrogen and oxygen atoms in total. The highest BCUT2D eigenvalue weighted by atomic mass is 35.5. The van der Waals surface area contributed by atoms with Crippen molar-refractivity contribution in [3.05, 3.63) is 50.5 Å². The van der Waals surface area contributed by atoms with Crippen molar-refractivity contribution >= 4 is 35.0 Å². The van der Waals surface area contributed by atoms with Gasteiger partial charge in [0, 0.05) is 6.07 Å². The minimum absolute atomic E-state index is 0.128. The smallest absolute Gasteiger partial charge is 0.296 e. The molecule has 3 rings (SSSR count). The minimum atomic E-state index is -0.845. The molecule has 2 aromatic rings. The lowest BCUT2D eigenvalue weighted by molar-refractivity contribution is -0.384. The van der Waals surface area contributed by atoms with Crippen molar-refractivity contribution in [1.29, 1.82) is 5.26 Å². The Morgan fingerprint density at radius 3 is 2.56 bits per heavy atom. The fourth-order valence-electron chi connectivity index (χ4n) is 3.11. The molecule has 0 saturated carbocycles. The van der Waals surface area contributed by atoms with Crippen LogP contribution in [0.15, 0.2) is 29.8 Å². The van der Waals surface area contributed by atoms with Gasteiger partial charge >= 0.3 is 0 Å². The van der Waals surface area contributed by atoms with E-state index in [2.05, 4.69) is 5.32 Å². The van der Waals surface area contributed by atoms with E-state index in [1.807, 2.05) is 13.0 Å². The highest BCUT2D eigenvalue weighted by Crippen LogP contribution is 2.40. The lowest BCUT2D eigenvalue weighted by Crippen LogP contribution is -2.18. The number of hydrogen-bond acceptors (Lipinski definition) is 8. The van der Waals surface area contributed by atoms with Crippen LogP contribution in [0.5, 0.6) is 23.0 Å². The first-order chi connectivity index (χ1) is 16.4. The summed E-state index contributed by atoms with van der Waals surface area (Å²) in [5.74, 6) is 0.357. The number of nitro benzene ring substituents is 1. The highest BCUT2D eigenvalue weighted by molar-refractivity contribution is 6.32. The number of benzene rings is 2. The second-order valence-electron chi connectivity index (χ2n) is 7.01. The fourth-order valence-corrected chi connectivity index (χ4v) is 3.39. The predicted octanol–water partition coefficient (Wildman–Crippen LogP) is 4.75. The molecule has 0 saturated heterocycles. The summed E-state index contributed by atoms with van der Waals surface area (Å²) in [5.41, 5.74) is -0.406. The lowest BCUT2D eigenvalue weighted by Gasteiger charge is -2.19. The van der Waals surface area contributed by atoms with E-state index in [1.54, 1.807) is 13.0 Å². The maximum absolute atomic E-state index is 12.8. The fraction of sp³-hybridized carbons (Fsp3) is 0.304.